The van der Waals surface area contributed by atoms with Crippen LogP contribution in [-0.2, 0) is 10.0 Å². The van der Waals surface area contributed by atoms with Crippen molar-refractivity contribution < 1.29 is 8.42 Å². The molecule has 0 unspecified atom stereocenters. The molecule has 0 aliphatic carbocycles. The lowest BCUT2D eigenvalue weighted by atomic mass is 10.00. The van der Waals surface area contributed by atoms with Crippen molar-refractivity contribution in [3.63, 3.8) is 0 Å². The minimum absolute atomic E-state index is 0.187. The van der Waals surface area contributed by atoms with Gasteiger partial charge in [-0.2, -0.15) is 4.31 Å². The predicted molar refractivity (Wildman–Crippen MR) is 84.6 cm³/mol. The number of nitrogens with one attached hydrogen (secondary N) is 1. The molecule has 7 heteroatoms. The van der Waals surface area contributed by atoms with E-state index in [1.54, 1.807) is 22.5 Å². The summed E-state index contributed by atoms with van der Waals surface area (Å²) < 4.78 is 27.7. The van der Waals surface area contributed by atoms with Crippen LogP contribution in [0.25, 0.3) is 0 Å². The molecule has 0 saturated carbocycles. The molecule has 0 amide bonds. The first-order valence-corrected chi connectivity index (χ1v) is 9.16. The SMILES string of the molecule is CNC[C@@H]1CCCN(S(=O)(=O)c2ccc(Br)cc2Cl)C1. The van der Waals surface area contributed by atoms with Crippen molar-refractivity contribution in [1.82, 2.24) is 9.62 Å². The summed E-state index contributed by atoms with van der Waals surface area (Å²) in [6, 6.07) is 4.88. The fraction of sp³-hybridized carbons (Fsp3) is 0.538. The topological polar surface area (TPSA) is 49.4 Å². The molecule has 1 aromatic rings. The Hall–Kier alpha value is -0.140. The molecule has 0 radical (unpaired) electrons. The van der Waals surface area contributed by atoms with Gasteiger partial charge in [-0.15, -0.1) is 0 Å². The summed E-state index contributed by atoms with van der Waals surface area (Å²) in [5, 5.41) is 3.37. The zero-order valence-corrected chi connectivity index (χ0v) is 14.4. The molecule has 112 valence electrons. The molecule has 0 aromatic heterocycles. The zero-order chi connectivity index (χ0) is 14.8. The van der Waals surface area contributed by atoms with E-state index < -0.39 is 10.0 Å². The van der Waals surface area contributed by atoms with Crippen LogP contribution in [0.2, 0.25) is 5.02 Å². The van der Waals surface area contributed by atoms with E-state index in [1.165, 1.54) is 0 Å². The van der Waals surface area contributed by atoms with Crippen LogP contribution in [0.1, 0.15) is 12.8 Å². The Morgan fingerprint density at radius 2 is 2.25 bits per heavy atom. The second-order valence-electron chi connectivity index (χ2n) is 5.00. The molecule has 0 bridgehead atoms. The largest absolute Gasteiger partial charge is 0.319 e. The first-order valence-electron chi connectivity index (χ1n) is 6.55. The Kier molecular flexibility index (Phi) is 5.48. The van der Waals surface area contributed by atoms with Crippen LogP contribution in [0.3, 0.4) is 0 Å². The van der Waals surface area contributed by atoms with Crippen LogP contribution in [0.5, 0.6) is 0 Å². The molecular formula is C13H18BrClN2O2S. The summed E-state index contributed by atoms with van der Waals surface area (Å²) in [6.45, 7) is 1.95. The van der Waals surface area contributed by atoms with Crippen LogP contribution < -0.4 is 5.32 Å². The van der Waals surface area contributed by atoms with Gasteiger partial charge >= 0.3 is 0 Å². The predicted octanol–water partition coefficient (Wildman–Crippen LogP) is 2.72. The molecule has 1 fully saturated rings. The highest BCUT2D eigenvalue weighted by atomic mass is 79.9. The molecule has 1 N–H and O–H groups in total. The van der Waals surface area contributed by atoms with Crippen LogP contribution in [-0.4, -0.2) is 39.4 Å². The maximum absolute atomic E-state index is 12.7. The lowest BCUT2D eigenvalue weighted by Gasteiger charge is -2.32. The number of hydrogen-bond donors (Lipinski definition) is 1. The Bertz CT molecular complexity index is 578. The monoisotopic (exact) mass is 380 g/mol. The number of sulfonamides is 1. The van der Waals surface area contributed by atoms with Crippen molar-refractivity contribution in [2.45, 2.75) is 17.7 Å². The van der Waals surface area contributed by atoms with Gasteiger partial charge in [0.15, 0.2) is 0 Å². The van der Waals surface area contributed by atoms with E-state index in [0.29, 0.717) is 19.0 Å². The summed E-state index contributed by atoms with van der Waals surface area (Å²) in [6.07, 6.45) is 1.95. The average Bonchev–Trinajstić information content (AvgIpc) is 2.39. The summed E-state index contributed by atoms with van der Waals surface area (Å²) >= 11 is 9.37. The van der Waals surface area contributed by atoms with Crippen LogP contribution in [0.15, 0.2) is 27.6 Å². The van der Waals surface area contributed by atoms with Crippen molar-refractivity contribution in [2.24, 2.45) is 5.92 Å². The van der Waals surface area contributed by atoms with Gasteiger partial charge in [0.25, 0.3) is 0 Å². The summed E-state index contributed by atoms with van der Waals surface area (Å²) in [5.74, 6) is 0.359. The molecular weight excluding hydrogens is 364 g/mol. The fourth-order valence-corrected chi connectivity index (χ4v) is 5.09. The van der Waals surface area contributed by atoms with Gasteiger partial charge in [-0.1, -0.05) is 27.5 Å². The maximum Gasteiger partial charge on any atom is 0.244 e. The van der Waals surface area contributed by atoms with E-state index in [0.717, 1.165) is 23.9 Å². The van der Waals surface area contributed by atoms with Crippen LogP contribution in [0, 0.1) is 5.92 Å². The number of nitrogens with zero attached hydrogens (tertiary/aromatic N) is 1. The van der Waals surface area contributed by atoms with Crippen molar-refractivity contribution in [1.29, 1.82) is 0 Å². The van der Waals surface area contributed by atoms with Crippen molar-refractivity contribution in [2.75, 3.05) is 26.7 Å². The van der Waals surface area contributed by atoms with Crippen molar-refractivity contribution >= 4 is 37.6 Å². The Morgan fingerprint density at radius 3 is 2.90 bits per heavy atom. The molecule has 1 atom stereocenters. The first kappa shape index (κ1) is 16.2. The molecule has 1 heterocycles. The lowest BCUT2D eigenvalue weighted by molar-refractivity contribution is 0.263. The zero-order valence-electron chi connectivity index (χ0n) is 11.3. The molecule has 1 saturated heterocycles. The normalized spacial score (nSPS) is 21.1. The highest BCUT2D eigenvalue weighted by Gasteiger charge is 2.31. The molecule has 2 rings (SSSR count). The van der Waals surface area contributed by atoms with E-state index in [9.17, 15) is 8.42 Å². The van der Waals surface area contributed by atoms with E-state index in [-0.39, 0.29) is 9.92 Å². The van der Waals surface area contributed by atoms with Gasteiger partial charge in [0.05, 0.1) is 5.02 Å². The molecule has 4 nitrogen and oxygen atoms in total. The minimum atomic E-state index is -3.51. The van der Waals surface area contributed by atoms with Crippen LogP contribution >= 0.6 is 27.5 Å². The lowest BCUT2D eigenvalue weighted by Crippen LogP contribution is -2.42. The summed E-state index contributed by atoms with van der Waals surface area (Å²) in [7, 11) is -1.62. The highest BCUT2D eigenvalue weighted by Crippen LogP contribution is 2.30. The van der Waals surface area contributed by atoms with E-state index in [4.69, 9.17) is 11.6 Å². The third-order valence-electron chi connectivity index (χ3n) is 3.49. The Morgan fingerprint density at radius 1 is 1.50 bits per heavy atom. The van der Waals surface area contributed by atoms with Gasteiger partial charge in [0, 0.05) is 17.6 Å². The number of rotatable bonds is 4. The second-order valence-corrected chi connectivity index (χ2v) is 8.23. The van der Waals surface area contributed by atoms with Gasteiger partial charge in [0.1, 0.15) is 4.90 Å². The molecule has 1 aliphatic rings. The summed E-state index contributed by atoms with van der Waals surface area (Å²) in [5.41, 5.74) is 0. The highest BCUT2D eigenvalue weighted by molar-refractivity contribution is 9.10. The Balaban J connectivity index is 2.25. The number of benzene rings is 1. The molecule has 1 aromatic carbocycles. The van der Waals surface area contributed by atoms with Crippen molar-refractivity contribution in [3.05, 3.63) is 27.7 Å². The molecule has 1 aliphatic heterocycles. The third-order valence-corrected chi connectivity index (χ3v) is 6.33. The third kappa shape index (κ3) is 3.54. The quantitative estimate of drug-likeness (QED) is 0.872. The van der Waals surface area contributed by atoms with Gasteiger partial charge in [-0.25, -0.2) is 8.42 Å². The van der Waals surface area contributed by atoms with Gasteiger partial charge in [-0.05, 0) is 50.6 Å². The maximum atomic E-state index is 12.7. The van der Waals surface area contributed by atoms with E-state index in [1.807, 2.05) is 7.05 Å². The smallest absolute Gasteiger partial charge is 0.244 e. The standard InChI is InChI=1S/C13H18BrClN2O2S/c1-16-8-10-3-2-6-17(9-10)20(18,19)13-5-4-11(14)7-12(13)15/h4-5,7,10,16H,2-3,6,8-9H2,1H3/t10-/m0/s1. The molecule has 0 spiro atoms. The average molecular weight is 382 g/mol. The fourth-order valence-electron chi connectivity index (χ4n) is 2.52. The van der Waals surface area contributed by atoms with Gasteiger partial charge in [-0.3, -0.25) is 0 Å². The molecule has 20 heavy (non-hydrogen) atoms. The van der Waals surface area contributed by atoms with Crippen molar-refractivity contribution in [3.8, 4) is 0 Å². The minimum Gasteiger partial charge on any atom is -0.319 e. The first-order chi connectivity index (χ1) is 9.45. The number of hydrogen-bond acceptors (Lipinski definition) is 3. The second kappa shape index (κ2) is 6.75. The summed E-state index contributed by atoms with van der Waals surface area (Å²) in [4.78, 5) is 0.187. The number of halogens is 2. The van der Waals surface area contributed by atoms with Gasteiger partial charge < -0.3 is 5.32 Å². The van der Waals surface area contributed by atoms with Crippen LogP contribution in [0.4, 0.5) is 0 Å². The number of piperidine rings is 1. The Labute approximate surface area is 133 Å². The van der Waals surface area contributed by atoms with Gasteiger partial charge in [0.2, 0.25) is 10.0 Å². The van der Waals surface area contributed by atoms with E-state index in [2.05, 4.69) is 21.2 Å². The van der Waals surface area contributed by atoms with E-state index >= 15 is 0 Å².